The van der Waals surface area contributed by atoms with Gasteiger partial charge in [-0.25, -0.2) is 18.5 Å². The fourth-order valence-corrected chi connectivity index (χ4v) is 5.05. The summed E-state index contributed by atoms with van der Waals surface area (Å²) in [5, 5.41) is 18.4. The molecule has 0 spiro atoms. The molecule has 8 nitrogen and oxygen atoms in total. The standard InChI is InChI=1S/C28H32N4O4S/c1-5-26-31-23-17-20(28(3,4)34)9-12-24(23)32(26)21-10-7-19(8-11-21)14-15-30-27(33)22-16-18(2)6-13-25(22)37(29,35)36/h6-13,16-17,34H,5,14-15H2,1-4H3,(H,30,33)(H2,29,35,36). The van der Waals surface area contributed by atoms with E-state index in [1.54, 1.807) is 26.8 Å². The lowest BCUT2D eigenvalue weighted by Crippen LogP contribution is -2.28. The van der Waals surface area contributed by atoms with Crippen LogP contribution in [0.1, 0.15) is 53.6 Å². The van der Waals surface area contributed by atoms with Crippen molar-refractivity contribution in [1.29, 1.82) is 0 Å². The molecule has 0 bridgehead atoms. The van der Waals surface area contributed by atoms with E-state index in [2.05, 4.69) is 16.8 Å². The molecular weight excluding hydrogens is 488 g/mol. The summed E-state index contributed by atoms with van der Waals surface area (Å²) >= 11 is 0. The smallest absolute Gasteiger partial charge is 0.252 e. The highest BCUT2D eigenvalue weighted by molar-refractivity contribution is 7.89. The Balaban J connectivity index is 1.50. The van der Waals surface area contributed by atoms with Crippen LogP contribution in [0, 0.1) is 6.92 Å². The number of sulfonamides is 1. The molecule has 1 aromatic heterocycles. The molecule has 0 aliphatic heterocycles. The van der Waals surface area contributed by atoms with Crippen molar-refractivity contribution in [3.05, 3.63) is 88.7 Å². The number of nitrogens with two attached hydrogens (primary N) is 1. The summed E-state index contributed by atoms with van der Waals surface area (Å²) in [6, 6.07) is 18.4. The molecule has 0 unspecified atom stereocenters. The van der Waals surface area contributed by atoms with Crippen LogP contribution in [0.2, 0.25) is 0 Å². The van der Waals surface area contributed by atoms with Crippen molar-refractivity contribution in [2.75, 3.05) is 6.54 Å². The second kappa shape index (κ2) is 10.1. The number of benzene rings is 3. The Morgan fingerprint density at radius 3 is 2.41 bits per heavy atom. The predicted octanol–water partition coefficient (Wildman–Crippen LogP) is 3.74. The van der Waals surface area contributed by atoms with E-state index in [4.69, 9.17) is 10.1 Å². The molecule has 4 aromatic rings. The van der Waals surface area contributed by atoms with Gasteiger partial charge in [-0.05, 0) is 74.7 Å². The summed E-state index contributed by atoms with van der Waals surface area (Å²) in [5.41, 5.74) is 4.47. The number of imidazole rings is 1. The Hall–Kier alpha value is -3.53. The number of aliphatic hydroxyl groups is 1. The topological polar surface area (TPSA) is 127 Å². The van der Waals surface area contributed by atoms with Gasteiger partial charge in [0.1, 0.15) is 5.82 Å². The van der Waals surface area contributed by atoms with Crippen molar-refractivity contribution in [2.45, 2.75) is 51.0 Å². The normalized spacial score (nSPS) is 12.2. The first kappa shape index (κ1) is 26.5. The monoisotopic (exact) mass is 520 g/mol. The number of carbonyl (C=O) groups is 1. The lowest BCUT2D eigenvalue weighted by molar-refractivity contribution is 0.0787. The summed E-state index contributed by atoms with van der Waals surface area (Å²) in [6.07, 6.45) is 1.32. The van der Waals surface area contributed by atoms with Gasteiger partial charge in [-0.3, -0.25) is 9.36 Å². The van der Waals surface area contributed by atoms with Gasteiger partial charge in [-0.15, -0.1) is 0 Å². The molecule has 0 fully saturated rings. The van der Waals surface area contributed by atoms with Gasteiger partial charge in [0, 0.05) is 18.7 Å². The highest BCUT2D eigenvalue weighted by Crippen LogP contribution is 2.27. The third kappa shape index (κ3) is 5.74. The van der Waals surface area contributed by atoms with Gasteiger partial charge >= 0.3 is 0 Å². The van der Waals surface area contributed by atoms with Gasteiger partial charge in [0.15, 0.2) is 0 Å². The molecule has 0 saturated heterocycles. The third-order valence-electron chi connectivity index (χ3n) is 6.33. The van der Waals surface area contributed by atoms with E-state index < -0.39 is 21.5 Å². The molecular formula is C28H32N4O4S. The van der Waals surface area contributed by atoms with E-state index >= 15 is 0 Å². The van der Waals surface area contributed by atoms with Gasteiger partial charge in [0.2, 0.25) is 10.0 Å². The summed E-state index contributed by atoms with van der Waals surface area (Å²) in [6.45, 7) is 7.69. The molecule has 1 amide bonds. The number of primary sulfonamides is 1. The maximum Gasteiger partial charge on any atom is 0.252 e. The van der Waals surface area contributed by atoms with Crippen LogP contribution >= 0.6 is 0 Å². The summed E-state index contributed by atoms with van der Waals surface area (Å²) in [5.74, 6) is 0.443. The zero-order valence-corrected chi connectivity index (χ0v) is 22.3. The second-order valence-electron chi connectivity index (χ2n) is 9.70. The van der Waals surface area contributed by atoms with Crippen molar-refractivity contribution >= 4 is 27.0 Å². The van der Waals surface area contributed by atoms with Crippen LogP contribution in [0.15, 0.2) is 65.6 Å². The molecule has 0 radical (unpaired) electrons. The van der Waals surface area contributed by atoms with Crippen molar-refractivity contribution < 1.29 is 18.3 Å². The average molecular weight is 521 g/mol. The van der Waals surface area contributed by atoms with E-state index in [0.29, 0.717) is 13.0 Å². The quantitative estimate of drug-likeness (QED) is 0.326. The fraction of sp³-hybridized carbons (Fsp3) is 0.286. The zero-order valence-electron chi connectivity index (χ0n) is 21.4. The van der Waals surface area contributed by atoms with Crippen molar-refractivity contribution in [2.24, 2.45) is 5.14 Å². The number of nitrogens with one attached hydrogen (secondary N) is 1. The zero-order chi connectivity index (χ0) is 27.0. The number of rotatable bonds is 8. The Morgan fingerprint density at radius 2 is 1.78 bits per heavy atom. The molecule has 3 aromatic carbocycles. The number of hydrogen-bond acceptors (Lipinski definition) is 5. The van der Waals surface area contributed by atoms with E-state index in [-0.39, 0.29) is 10.5 Å². The van der Waals surface area contributed by atoms with Crippen LogP contribution in [0.4, 0.5) is 0 Å². The molecule has 37 heavy (non-hydrogen) atoms. The van der Waals surface area contributed by atoms with Crippen LogP contribution in [0.3, 0.4) is 0 Å². The largest absolute Gasteiger partial charge is 0.386 e. The van der Waals surface area contributed by atoms with Crippen molar-refractivity contribution in [3.8, 4) is 5.69 Å². The van der Waals surface area contributed by atoms with E-state index in [9.17, 15) is 18.3 Å². The van der Waals surface area contributed by atoms with Crippen molar-refractivity contribution in [1.82, 2.24) is 14.9 Å². The molecule has 0 atom stereocenters. The molecule has 4 rings (SSSR count). The average Bonchev–Trinajstić information content (AvgIpc) is 3.21. The van der Waals surface area contributed by atoms with Gasteiger partial charge in [0.25, 0.3) is 5.91 Å². The summed E-state index contributed by atoms with van der Waals surface area (Å²) in [4.78, 5) is 17.3. The minimum absolute atomic E-state index is 0.0460. The highest BCUT2D eigenvalue weighted by Gasteiger charge is 2.20. The summed E-state index contributed by atoms with van der Waals surface area (Å²) < 4.78 is 25.8. The maximum atomic E-state index is 12.7. The first-order valence-electron chi connectivity index (χ1n) is 12.1. The van der Waals surface area contributed by atoms with E-state index in [1.807, 2.05) is 42.5 Å². The third-order valence-corrected chi connectivity index (χ3v) is 7.30. The van der Waals surface area contributed by atoms with E-state index in [0.717, 1.165) is 45.7 Å². The first-order valence-corrected chi connectivity index (χ1v) is 13.7. The minimum Gasteiger partial charge on any atom is -0.386 e. The minimum atomic E-state index is -4.01. The number of fused-ring (bicyclic) bond motifs is 1. The Morgan fingerprint density at radius 1 is 1.08 bits per heavy atom. The molecule has 0 saturated carbocycles. The van der Waals surface area contributed by atoms with Crippen molar-refractivity contribution in [3.63, 3.8) is 0 Å². The molecule has 194 valence electrons. The number of nitrogens with zero attached hydrogens (tertiary/aromatic N) is 2. The number of aromatic nitrogens is 2. The number of carbonyl (C=O) groups excluding carboxylic acids is 1. The Labute approximate surface area is 217 Å². The van der Waals surface area contributed by atoms with Gasteiger partial charge in [0.05, 0.1) is 27.1 Å². The number of hydrogen-bond donors (Lipinski definition) is 3. The lowest BCUT2D eigenvalue weighted by Gasteiger charge is -2.17. The predicted molar refractivity (Wildman–Crippen MR) is 144 cm³/mol. The van der Waals surface area contributed by atoms with Gasteiger partial charge < -0.3 is 10.4 Å². The Kier molecular flexibility index (Phi) is 7.23. The van der Waals surface area contributed by atoms with Crippen LogP contribution in [-0.4, -0.2) is 35.5 Å². The van der Waals surface area contributed by atoms with Gasteiger partial charge in [-0.1, -0.05) is 36.8 Å². The lowest BCUT2D eigenvalue weighted by atomic mass is 9.98. The maximum absolute atomic E-state index is 12.7. The SMILES string of the molecule is CCc1nc2cc(C(C)(C)O)ccc2n1-c1ccc(CCNC(=O)c2cc(C)ccc2S(N)(=O)=O)cc1. The van der Waals surface area contributed by atoms with Crippen LogP contribution in [-0.2, 0) is 28.5 Å². The molecule has 9 heteroatoms. The molecule has 4 N–H and O–H groups in total. The summed E-state index contributed by atoms with van der Waals surface area (Å²) in [7, 11) is -4.01. The highest BCUT2D eigenvalue weighted by atomic mass is 32.2. The molecule has 0 aliphatic rings. The first-order chi connectivity index (χ1) is 17.4. The molecule has 1 heterocycles. The Bertz CT molecular complexity index is 1570. The number of amides is 1. The van der Waals surface area contributed by atoms with Crippen LogP contribution < -0.4 is 10.5 Å². The fourth-order valence-electron chi connectivity index (χ4n) is 4.33. The number of aryl methyl sites for hydroxylation is 2. The van der Waals surface area contributed by atoms with Crippen LogP contribution in [0.25, 0.3) is 16.7 Å². The second-order valence-corrected chi connectivity index (χ2v) is 11.2. The van der Waals surface area contributed by atoms with Gasteiger partial charge in [-0.2, -0.15) is 0 Å². The molecule has 0 aliphatic carbocycles. The van der Waals surface area contributed by atoms with E-state index in [1.165, 1.54) is 12.1 Å². The van der Waals surface area contributed by atoms with Crippen LogP contribution in [0.5, 0.6) is 0 Å².